The number of hydrogen-bond acceptors (Lipinski definition) is 6. The number of nitrogens with zero attached hydrogens (tertiary/aromatic N) is 1. The fraction of sp³-hybridized carbons (Fsp3) is 0.136. The molecule has 2 aliphatic heterocycles. The molecule has 0 radical (unpaired) electrons. The van der Waals surface area contributed by atoms with Crippen molar-refractivity contribution in [2.24, 2.45) is 0 Å². The third-order valence-corrected chi connectivity index (χ3v) is 5.76. The summed E-state index contributed by atoms with van der Waals surface area (Å²) in [6, 6.07) is 15.0. The topological polar surface area (TPSA) is 67.9 Å². The lowest BCUT2D eigenvalue weighted by molar-refractivity contribution is -0.126. The number of anilines is 1. The van der Waals surface area contributed by atoms with Crippen LogP contribution in [-0.2, 0) is 9.59 Å². The Morgan fingerprint density at radius 2 is 1.97 bits per heavy atom. The van der Waals surface area contributed by atoms with Crippen LogP contribution in [-0.4, -0.2) is 34.4 Å². The largest absolute Gasteiger partial charge is 0.454 e. The number of fused-ring (bicyclic) bond motifs is 1. The molecule has 8 heteroatoms. The lowest BCUT2D eigenvalue weighted by atomic mass is 10.1. The van der Waals surface area contributed by atoms with Gasteiger partial charge in [-0.25, -0.2) is 0 Å². The Kier molecular flexibility index (Phi) is 5.87. The number of nitrogens with one attached hydrogen (secondary N) is 1. The summed E-state index contributed by atoms with van der Waals surface area (Å²) in [6.45, 7) is 1.93. The van der Waals surface area contributed by atoms with Gasteiger partial charge in [-0.3, -0.25) is 14.5 Å². The van der Waals surface area contributed by atoms with Crippen molar-refractivity contribution in [1.82, 2.24) is 4.90 Å². The second-order valence-electron chi connectivity index (χ2n) is 6.68. The fourth-order valence-electron chi connectivity index (χ4n) is 3.02. The number of amides is 2. The van der Waals surface area contributed by atoms with Gasteiger partial charge in [-0.15, -0.1) is 0 Å². The highest BCUT2D eigenvalue weighted by Gasteiger charge is 2.33. The molecule has 0 unspecified atom stereocenters. The van der Waals surface area contributed by atoms with E-state index in [1.165, 1.54) is 16.7 Å². The zero-order valence-corrected chi connectivity index (χ0v) is 17.7. The maximum atomic E-state index is 12.8. The van der Waals surface area contributed by atoms with Crippen LogP contribution in [0.2, 0.25) is 0 Å². The van der Waals surface area contributed by atoms with Crippen molar-refractivity contribution in [2.45, 2.75) is 6.92 Å². The van der Waals surface area contributed by atoms with E-state index in [1.807, 2.05) is 43.3 Å². The molecule has 2 aromatic carbocycles. The first-order chi connectivity index (χ1) is 14.5. The number of hydrogen-bond donors (Lipinski definition) is 1. The van der Waals surface area contributed by atoms with Gasteiger partial charge in [0, 0.05) is 11.8 Å². The molecule has 0 bridgehead atoms. The van der Waals surface area contributed by atoms with E-state index < -0.39 is 0 Å². The summed E-state index contributed by atoms with van der Waals surface area (Å²) in [7, 11) is 0. The molecule has 1 saturated heterocycles. The number of carbonyl (C=O) groups is 2. The molecule has 2 aromatic rings. The van der Waals surface area contributed by atoms with Crippen molar-refractivity contribution in [3.05, 3.63) is 70.6 Å². The summed E-state index contributed by atoms with van der Waals surface area (Å²) in [4.78, 5) is 27.0. The Labute approximate surface area is 183 Å². The van der Waals surface area contributed by atoms with E-state index in [4.69, 9.17) is 21.7 Å². The Morgan fingerprint density at radius 3 is 2.77 bits per heavy atom. The smallest absolute Gasteiger partial charge is 0.266 e. The van der Waals surface area contributed by atoms with E-state index in [9.17, 15) is 9.59 Å². The molecule has 2 amide bonds. The number of thiocarbonyl (C=S) groups is 1. The monoisotopic (exact) mass is 438 g/mol. The molecule has 0 spiro atoms. The molecular formula is C22H18N2O4S2. The predicted octanol–water partition coefficient (Wildman–Crippen LogP) is 4.20. The molecule has 152 valence electrons. The normalized spacial score (nSPS) is 17.0. The van der Waals surface area contributed by atoms with Gasteiger partial charge in [0.2, 0.25) is 12.7 Å². The lowest BCUT2D eigenvalue weighted by Gasteiger charge is -2.14. The molecule has 2 aliphatic rings. The zero-order valence-electron chi connectivity index (χ0n) is 16.1. The minimum Gasteiger partial charge on any atom is -0.454 e. The molecule has 0 aromatic heterocycles. The van der Waals surface area contributed by atoms with Crippen LogP contribution in [0.15, 0.2) is 65.1 Å². The summed E-state index contributed by atoms with van der Waals surface area (Å²) >= 11 is 6.51. The van der Waals surface area contributed by atoms with Crippen molar-refractivity contribution >= 4 is 51.9 Å². The average Bonchev–Trinajstić information content (AvgIpc) is 3.28. The van der Waals surface area contributed by atoms with Crippen LogP contribution in [0, 0.1) is 0 Å². The highest BCUT2D eigenvalue weighted by atomic mass is 32.2. The predicted molar refractivity (Wildman–Crippen MR) is 121 cm³/mol. The first kappa shape index (κ1) is 20.2. The van der Waals surface area contributed by atoms with E-state index in [1.54, 1.807) is 24.3 Å². The minimum absolute atomic E-state index is 0.155. The van der Waals surface area contributed by atoms with Crippen LogP contribution >= 0.6 is 24.0 Å². The molecule has 1 fully saturated rings. The van der Waals surface area contributed by atoms with Crippen LogP contribution in [0.3, 0.4) is 0 Å². The molecule has 6 nitrogen and oxygen atoms in total. The van der Waals surface area contributed by atoms with Gasteiger partial charge in [0.1, 0.15) is 10.9 Å². The van der Waals surface area contributed by atoms with E-state index in [-0.39, 0.29) is 25.2 Å². The highest BCUT2D eigenvalue weighted by molar-refractivity contribution is 8.26. The summed E-state index contributed by atoms with van der Waals surface area (Å²) in [5.74, 6) is 0.589. The number of benzene rings is 2. The summed E-state index contributed by atoms with van der Waals surface area (Å²) in [5.41, 5.74) is 2.53. The van der Waals surface area contributed by atoms with E-state index in [2.05, 4.69) is 5.32 Å². The lowest BCUT2D eigenvalue weighted by Crippen LogP contribution is -2.36. The number of allylic oxidation sites excluding steroid dienone is 2. The first-order valence-electron chi connectivity index (χ1n) is 9.18. The Morgan fingerprint density at radius 1 is 1.20 bits per heavy atom. The summed E-state index contributed by atoms with van der Waals surface area (Å²) in [5, 5.41) is 2.76. The molecule has 4 rings (SSSR count). The van der Waals surface area contributed by atoms with Gasteiger partial charge in [0.05, 0.1) is 4.91 Å². The first-order valence-corrected chi connectivity index (χ1v) is 10.4. The number of rotatable bonds is 5. The van der Waals surface area contributed by atoms with Gasteiger partial charge < -0.3 is 14.8 Å². The van der Waals surface area contributed by atoms with Crippen LogP contribution in [0.1, 0.15) is 12.5 Å². The quantitative estimate of drug-likeness (QED) is 0.557. The fourth-order valence-corrected chi connectivity index (χ4v) is 4.32. The van der Waals surface area contributed by atoms with Gasteiger partial charge in [0.25, 0.3) is 5.91 Å². The van der Waals surface area contributed by atoms with E-state index >= 15 is 0 Å². The maximum absolute atomic E-state index is 12.8. The van der Waals surface area contributed by atoms with Crippen LogP contribution in [0.5, 0.6) is 11.5 Å². The molecule has 1 N–H and O–H groups in total. The van der Waals surface area contributed by atoms with Crippen molar-refractivity contribution in [3.63, 3.8) is 0 Å². The third-order valence-electron chi connectivity index (χ3n) is 4.38. The second-order valence-corrected chi connectivity index (χ2v) is 8.36. The van der Waals surface area contributed by atoms with Crippen molar-refractivity contribution in [1.29, 1.82) is 0 Å². The van der Waals surface area contributed by atoms with E-state index in [0.717, 1.165) is 11.1 Å². The molecular weight excluding hydrogens is 420 g/mol. The number of ether oxygens (including phenoxy) is 2. The van der Waals surface area contributed by atoms with Crippen LogP contribution in [0.4, 0.5) is 5.69 Å². The minimum atomic E-state index is -0.344. The van der Waals surface area contributed by atoms with Gasteiger partial charge in [0.15, 0.2) is 11.5 Å². The van der Waals surface area contributed by atoms with Gasteiger partial charge >= 0.3 is 0 Å². The average molecular weight is 439 g/mol. The van der Waals surface area contributed by atoms with Gasteiger partial charge in [-0.05, 0) is 36.3 Å². The highest BCUT2D eigenvalue weighted by Crippen LogP contribution is 2.35. The third kappa shape index (κ3) is 4.55. The Bertz CT molecular complexity index is 1080. The zero-order chi connectivity index (χ0) is 21.1. The second kappa shape index (κ2) is 8.73. The van der Waals surface area contributed by atoms with Crippen molar-refractivity contribution in [2.75, 3.05) is 18.7 Å². The Balaban J connectivity index is 1.41. The Hall–Kier alpha value is -3.10. The summed E-state index contributed by atoms with van der Waals surface area (Å²) < 4.78 is 10.9. The maximum Gasteiger partial charge on any atom is 0.266 e. The standard InChI is InChI=1S/C22H18N2O4S2/c1-14(9-15-5-3-2-4-6-15)10-19-21(26)24(22(29)30-19)12-20(25)23-16-7-8-17-18(11-16)28-13-27-17/h2-11H,12-13H2,1H3,(H,23,25). The van der Waals surface area contributed by atoms with Crippen molar-refractivity contribution < 1.29 is 19.1 Å². The van der Waals surface area contributed by atoms with Crippen LogP contribution in [0.25, 0.3) is 6.08 Å². The van der Waals surface area contributed by atoms with Gasteiger partial charge in [-0.2, -0.15) is 0 Å². The van der Waals surface area contributed by atoms with Crippen LogP contribution < -0.4 is 14.8 Å². The molecule has 0 saturated carbocycles. The molecule has 30 heavy (non-hydrogen) atoms. The van der Waals surface area contributed by atoms with E-state index in [0.29, 0.717) is 26.4 Å². The summed E-state index contributed by atoms with van der Waals surface area (Å²) in [6.07, 6.45) is 3.78. The molecule has 0 aliphatic carbocycles. The van der Waals surface area contributed by atoms with Crippen molar-refractivity contribution in [3.8, 4) is 11.5 Å². The SMILES string of the molecule is CC(=Cc1ccccc1)C=C1SC(=S)N(CC(=O)Nc2ccc3c(c2)OCO3)C1=O. The number of thioether (sulfide) groups is 1. The van der Waals surface area contributed by atoms with Gasteiger partial charge in [-0.1, -0.05) is 60.4 Å². The number of carbonyl (C=O) groups excluding carboxylic acids is 2. The molecule has 0 atom stereocenters. The molecule has 2 heterocycles.